The third-order valence-corrected chi connectivity index (χ3v) is 6.88. The van der Waals surface area contributed by atoms with E-state index in [2.05, 4.69) is 48.3 Å². The summed E-state index contributed by atoms with van der Waals surface area (Å²) in [6.07, 6.45) is 0.828. The van der Waals surface area contributed by atoms with Gasteiger partial charge in [-0.1, -0.05) is 11.6 Å². The summed E-state index contributed by atoms with van der Waals surface area (Å²) in [5, 5.41) is 8.42. The van der Waals surface area contributed by atoms with Crippen LogP contribution in [0.3, 0.4) is 0 Å². The highest BCUT2D eigenvalue weighted by molar-refractivity contribution is 9.13. The Morgan fingerprint density at radius 1 is 1.53 bits per heavy atom. The van der Waals surface area contributed by atoms with Gasteiger partial charge in [0.15, 0.2) is 0 Å². The number of halogens is 3. The first-order valence-electron chi connectivity index (χ1n) is 5.74. The van der Waals surface area contributed by atoms with Gasteiger partial charge in [0.25, 0.3) is 0 Å². The van der Waals surface area contributed by atoms with Crippen molar-refractivity contribution in [3.63, 3.8) is 0 Å². The Balaban J connectivity index is 2.29. The molecule has 0 aromatic carbocycles. The van der Waals surface area contributed by atoms with E-state index in [1.165, 1.54) is 4.88 Å². The summed E-state index contributed by atoms with van der Waals surface area (Å²) in [4.78, 5) is 1.26. The van der Waals surface area contributed by atoms with E-state index in [4.69, 9.17) is 11.6 Å². The molecule has 0 bridgehead atoms. The first-order chi connectivity index (χ1) is 8.93. The van der Waals surface area contributed by atoms with E-state index in [1.807, 2.05) is 21.0 Å². The summed E-state index contributed by atoms with van der Waals surface area (Å²) in [6.45, 7) is 1.99. The maximum Gasteiger partial charge on any atom is 0.130 e. The molecule has 0 saturated carbocycles. The molecule has 2 heterocycles. The summed E-state index contributed by atoms with van der Waals surface area (Å²) >= 11 is 15.1. The zero-order valence-electron chi connectivity index (χ0n) is 10.8. The SMILES string of the molecule is CNC(Cc1c(C)nn(C)c1Cl)c1cc(Br)c(Br)s1. The van der Waals surface area contributed by atoms with Crippen molar-refractivity contribution < 1.29 is 0 Å². The summed E-state index contributed by atoms with van der Waals surface area (Å²) in [5.74, 6) is 0. The van der Waals surface area contributed by atoms with Gasteiger partial charge in [0.1, 0.15) is 5.15 Å². The van der Waals surface area contributed by atoms with Gasteiger partial charge in [0.2, 0.25) is 0 Å². The predicted octanol–water partition coefficient (Wildman–Crippen LogP) is 4.47. The molecule has 0 saturated heterocycles. The number of nitrogens with zero attached hydrogens (tertiary/aromatic N) is 2. The smallest absolute Gasteiger partial charge is 0.130 e. The van der Waals surface area contributed by atoms with Crippen LogP contribution in [-0.2, 0) is 13.5 Å². The summed E-state index contributed by atoms with van der Waals surface area (Å²) in [6, 6.07) is 2.36. The average molecular weight is 428 g/mol. The van der Waals surface area contributed by atoms with Gasteiger partial charge in [-0.05, 0) is 58.3 Å². The number of aromatic nitrogens is 2. The summed E-state index contributed by atoms with van der Waals surface area (Å²) in [7, 11) is 3.83. The fourth-order valence-corrected chi connectivity index (χ4v) is 4.44. The van der Waals surface area contributed by atoms with E-state index in [9.17, 15) is 0 Å². The molecule has 0 aliphatic heterocycles. The Labute approximate surface area is 138 Å². The molecular formula is C12H14Br2ClN3S. The number of likely N-dealkylation sites (N-methyl/N-ethyl adjacent to an activating group) is 1. The topological polar surface area (TPSA) is 29.9 Å². The zero-order chi connectivity index (χ0) is 14.2. The average Bonchev–Trinajstić information content (AvgIpc) is 2.80. The van der Waals surface area contributed by atoms with E-state index >= 15 is 0 Å². The summed E-state index contributed by atoms with van der Waals surface area (Å²) in [5.41, 5.74) is 2.09. The Bertz CT molecular complexity index is 575. The minimum absolute atomic E-state index is 0.230. The molecule has 1 atom stereocenters. The molecule has 0 amide bonds. The first-order valence-corrected chi connectivity index (χ1v) is 8.52. The second-order valence-electron chi connectivity index (χ2n) is 4.29. The number of thiophene rings is 1. The first kappa shape index (κ1) is 15.5. The van der Waals surface area contributed by atoms with Gasteiger partial charge in [0, 0.05) is 28.0 Å². The molecule has 19 heavy (non-hydrogen) atoms. The van der Waals surface area contributed by atoms with E-state index in [1.54, 1.807) is 16.0 Å². The van der Waals surface area contributed by atoms with Gasteiger partial charge in [0.05, 0.1) is 9.48 Å². The number of aryl methyl sites for hydroxylation is 2. The third kappa shape index (κ3) is 3.24. The van der Waals surface area contributed by atoms with Crippen LogP contribution in [0.4, 0.5) is 0 Å². The Morgan fingerprint density at radius 2 is 2.21 bits per heavy atom. The molecule has 2 aromatic rings. The number of hydrogen-bond donors (Lipinski definition) is 1. The minimum atomic E-state index is 0.230. The molecule has 0 radical (unpaired) electrons. The monoisotopic (exact) mass is 425 g/mol. The molecule has 0 aliphatic rings. The zero-order valence-corrected chi connectivity index (χ0v) is 15.5. The Kier molecular flexibility index (Phi) is 5.11. The second kappa shape index (κ2) is 6.26. The van der Waals surface area contributed by atoms with E-state index in [-0.39, 0.29) is 6.04 Å². The lowest BCUT2D eigenvalue weighted by Crippen LogP contribution is -2.18. The van der Waals surface area contributed by atoms with Crippen LogP contribution in [0.1, 0.15) is 22.2 Å². The lowest BCUT2D eigenvalue weighted by molar-refractivity contribution is 0.600. The van der Waals surface area contributed by atoms with Crippen LogP contribution < -0.4 is 5.32 Å². The molecule has 1 unspecified atom stereocenters. The maximum absolute atomic E-state index is 6.30. The van der Waals surface area contributed by atoms with Gasteiger partial charge in [-0.3, -0.25) is 4.68 Å². The Hall–Kier alpha value is 0.120. The minimum Gasteiger partial charge on any atom is -0.312 e. The van der Waals surface area contributed by atoms with Crippen molar-refractivity contribution in [3.05, 3.63) is 35.6 Å². The van der Waals surface area contributed by atoms with Crippen molar-refractivity contribution in [2.45, 2.75) is 19.4 Å². The van der Waals surface area contributed by atoms with Crippen molar-refractivity contribution in [1.29, 1.82) is 0 Å². The lowest BCUT2D eigenvalue weighted by Gasteiger charge is -2.14. The van der Waals surface area contributed by atoms with Crippen molar-refractivity contribution in [2.24, 2.45) is 7.05 Å². The largest absolute Gasteiger partial charge is 0.312 e. The number of hydrogen-bond acceptors (Lipinski definition) is 3. The lowest BCUT2D eigenvalue weighted by atomic mass is 10.1. The highest BCUT2D eigenvalue weighted by atomic mass is 79.9. The normalized spacial score (nSPS) is 12.9. The molecule has 104 valence electrons. The van der Waals surface area contributed by atoms with Crippen LogP contribution >= 0.6 is 54.8 Å². The highest BCUT2D eigenvalue weighted by Gasteiger charge is 2.19. The molecule has 2 aromatic heterocycles. The molecule has 3 nitrogen and oxygen atoms in total. The van der Waals surface area contributed by atoms with Crippen molar-refractivity contribution in [1.82, 2.24) is 15.1 Å². The Morgan fingerprint density at radius 3 is 2.63 bits per heavy atom. The fraction of sp³-hybridized carbons (Fsp3) is 0.417. The van der Waals surface area contributed by atoms with Gasteiger partial charge in [-0.15, -0.1) is 11.3 Å². The van der Waals surface area contributed by atoms with Crippen LogP contribution in [0.15, 0.2) is 14.3 Å². The third-order valence-electron chi connectivity index (χ3n) is 3.03. The van der Waals surface area contributed by atoms with Crippen LogP contribution in [0.2, 0.25) is 5.15 Å². The fourth-order valence-electron chi connectivity index (χ4n) is 1.99. The van der Waals surface area contributed by atoms with Crippen molar-refractivity contribution in [3.8, 4) is 0 Å². The molecule has 0 fully saturated rings. The number of rotatable bonds is 4. The molecule has 1 N–H and O–H groups in total. The van der Waals surface area contributed by atoms with Gasteiger partial charge < -0.3 is 5.32 Å². The molecular weight excluding hydrogens is 413 g/mol. The van der Waals surface area contributed by atoms with Gasteiger partial charge in [-0.25, -0.2) is 0 Å². The van der Waals surface area contributed by atoms with Crippen molar-refractivity contribution in [2.75, 3.05) is 7.05 Å². The maximum atomic E-state index is 6.30. The summed E-state index contributed by atoms with van der Waals surface area (Å²) < 4.78 is 3.91. The standard InChI is InChI=1S/C12H14Br2ClN3S/c1-6-7(12(15)18(3)17-6)4-9(16-2)10-5-8(13)11(14)19-10/h5,9,16H,4H2,1-3H3. The molecule has 2 rings (SSSR count). The van der Waals surface area contributed by atoms with E-state index < -0.39 is 0 Å². The van der Waals surface area contributed by atoms with E-state index in [0.717, 1.165) is 25.9 Å². The molecule has 0 spiro atoms. The van der Waals surface area contributed by atoms with Crippen LogP contribution in [0, 0.1) is 6.92 Å². The van der Waals surface area contributed by atoms with Gasteiger partial charge in [-0.2, -0.15) is 5.10 Å². The van der Waals surface area contributed by atoms with Gasteiger partial charge >= 0.3 is 0 Å². The highest BCUT2D eigenvalue weighted by Crippen LogP contribution is 2.37. The molecule has 7 heteroatoms. The van der Waals surface area contributed by atoms with Crippen LogP contribution in [0.5, 0.6) is 0 Å². The second-order valence-corrected chi connectivity index (χ2v) is 7.91. The molecule has 0 aliphatic carbocycles. The quantitative estimate of drug-likeness (QED) is 0.780. The van der Waals surface area contributed by atoms with Crippen LogP contribution in [-0.4, -0.2) is 16.8 Å². The van der Waals surface area contributed by atoms with Crippen molar-refractivity contribution >= 4 is 54.8 Å². The van der Waals surface area contributed by atoms with Crippen LogP contribution in [0.25, 0.3) is 0 Å². The van der Waals surface area contributed by atoms with E-state index in [0.29, 0.717) is 5.15 Å². The number of nitrogens with one attached hydrogen (secondary N) is 1. The predicted molar refractivity (Wildman–Crippen MR) is 88.2 cm³/mol.